The Bertz CT molecular complexity index is 1030. The Labute approximate surface area is 179 Å². The van der Waals surface area contributed by atoms with E-state index >= 15 is 0 Å². The molecule has 0 radical (unpaired) electrons. The number of nitrogens with two attached hydrogens (primary N) is 1. The number of amides is 1. The van der Waals surface area contributed by atoms with Gasteiger partial charge in [0.25, 0.3) is 5.91 Å². The van der Waals surface area contributed by atoms with Crippen molar-refractivity contribution in [2.45, 2.75) is 38.3 Å². The van der Waals surface area contributed by atoms with Gasteiger partial charge in [-0.15, -0.1) is 0 Å². The molecule has 0 spiro atoms. The highest BCUT2D eigenvalue weighted by molar-refractivity contribution is 9.10. The molecule has 0 bridgehead atoms. The van der Waals surface area contributed by atoms with E-state index in [1.165, 1.54) is 0 Å². The summed E-state index contributed by atoms with van der Waals surface area (Å²) in [6.45, 7) is 1.09. The Morgan fingerprint density at radius 1 is 1.17 bits per heavy atom. The van der Waals surface area contributed by atoms with Gasteiger partial charge in [0, 0.05) is 40.1 Å². The van der Waals surface area contributed by atoms with Crippen molar-refractivity contribution in [2.24, 2.45) is 5.92 Å². The van der Waals surface area contributed by atoms with Crippen LogP contribution in [-0.2, 0) is 6.54 Å². The largest absolute Gasteiger partial charge is 0.399 e. The maximum absolute atomic E-state index is 13.1. The average molecular weight is 456 g/mol. The Hall–Kier alpha value is -2.31. The first-order valence-corrected chi connectivity index (χ1v) is 10.9. The smallest absolute Gasteiger partial charge is 0.267 e. The fraction of sp³-hybridized carbons (Fsp3) is 0.348. The van der Waals surface area contributed by atoms with E-state index in [0.29, 0.717) is 24.5 Å². The molecule has 1 saturated carbocycles. The fourth-order valence-corrected chi connectivity index (χ4v) is 4.65. The van der Waals surface area contributed by atoms with Gasteiger partial charge in [0.15, 0.2) is 0 Å². The second kappa shape index (κ2) is 8.59. The van der Waals surface area contributed by atoms with Crippen LogP contribution in [0.5, 0.6) is 0 Å². The van der Waals surface area contributed by atoms with E-state index < -0.39 is 0 Å². The molecule has 0 saturated heterocycles. The van der Waals surface area contributed by atoms with Crippen LogP contribution in [0.15, 0.2) is 53.0 Å². The van der Waals surface area contributed by atoms with Gasteiger partial charge in [0.2, 0.25) is 0 Å². The number of hydrogen-bond acceptors (Lipinski definition) is 3. The van der Waals surface area contributed by atoms with Crippen molar-refractivity contribution in [3.63, 3.8) is 0 Å². The molecule has 1 aliphatic carbocycles. The van der Waals surface area contributed by atoms with Crippen molar-refractivity contribution in [3.8, 4) is 0 Å². The van der Waals surface area contributed by atoms with Crippen LogP contribution in [0, 0.1) is 5.92 Å². The summed E-state index contributed by atoms with van der Waals surface area (Å²) in [6.07, 6.45) is 3.63. The standard InChI is InChI=1S/C23H26BrN3O2/c24-18-6-3-4-15(10-18)14-27-20-9-8-19(25)11-17(20)12-21(27)23(29)26-13-16-5-1-2-7-22(16)28/h3-4,6,8-12,16,22,28H,1-2,5,7,13-14,25H2,(H,26,29)/t16-,22+/m1/s1. The number of benzene rings is 2. The number of fused-ring (bicyclic) bond motifs is 1. The molecular weight excluding hydrogens is 430 g/mol. The van der Waals surface area contributed by atoms with Crippen molar-refractivity contribution in [3.05, 3.63) is 64.3 Å². The summed E-state index contributed by atoms with van der Waals surface area (Å²) in [7, 11) is 0. The second-order valence-corrected chi connectivity index (χ2v) is 8.80. The van der Waals surface area contributed by atoms with Crippen molar-refractivity contribution in [2.75, 3.05) is 12.3 Å². The predicted octanol–water partition coefficient (Wildman–Crippen LogP) is 4.32. The second-order valence-electron chi connectivity index (χ2n) is 7.89. The zero-order valence-electron chi connectivity index (χ0n) is 16.3. The van der Waals surface area contributed by atoms with E-state index in [9.17, 15) is 9.90 Å². The van der Waals surface area contributed by atoms with Crippen molar-refractivity contribution in [1.29, 1.82) is 0 Å². The SMILES string of the molecule is Nc1ccc2c(c1)cc(C(=O)NC[C@H]1CCCC[C@@H]1O)n2Cc1cccc(Br)c1. The fourth-order valence-electron chi connectivity index (χ4n) is 4.21. The minimum atomic E-state index is -0.323. The van der Waals surface area contributed by atoms with Gasteiger partial charge in [-0.2, -0.15) is 0 Å². The molecule has 2 aromatic carbocycles. The highest BCUT2D eigenvalue weighted by Gasteiger charge is 2.24. The molecule has 2 atom stereocenters. The molecule has 1 aliphatic rings. The number of carbonyl (C=O) groups excluding carboxylic acids is 1. The molecule has 6 heteroatoms. The molecule has 1 amide bonds. The van der Waals surface area contributed by atoms with Gasteiger partial charge in [-0.25, -0.2) is 0 Å². The topological polar surface area (TPSA) is 80.3 Å². The molecule has 29 heavy (non-hydrogen) atoms. The predicted molar refractivity (Wildman–Crippen MR) is 120 cm³/mol. The number of anilines is 1. The highest BCUT2D eigenvalue weighted by atomic mass is 79.9. The lowest BCUT2D eigenvalue weighted by Crippen LogP contribution is -2.37. The first-order chi connectivity index (χ1) is 14.0. The van der Waals surface area contributed by atoms with E-state index in [1.807, 2.05) is 47.0 Å². The maximum Gasteiger partial charge on any atom is 0.267 e. The van der Waals surface area contributed by atoms with Crippen LogP contribution in [0.2, 0.25) is 0 Å². The van der Waals surface area contributed by atoms with E-state index in [1.54, 1.807) is 0 Å². The van der Waals surface area contributed by atoms with Crippen LogP contribution in [-0.4, -0.2) is 28.2 Å². The number of aliphatic hydroxyl groups is 1. The van der Waals surface area contributed by atoms with Gasteiger partial charge in [-0.3, -0.25) is 4.79 Å². The Morgan fingerprint density at radius 2 is 2.00 bits per heavy atom. The zero-order chi connectivity index (χ0) is 20.4. The number of rotatable bonds is 5. The van der Waals surface area contributed by atoms with Crippen LogP contribution in [0.3, 0.4) is 0 Å². The molecule has 1 heterocycles. The van der Waals surface area contributed by atoms with Gasteiger partial charge < -0.3 is 20.7 Å². The number of aliphatic hydroxyl groups excluding tert-OH is 1. The van der Waals surface area contributed by atoms with Gasteiger partial charge in [-0.1, -0.05) is 40.9 Å². The minimum absolute atomic E-state index is 0.118. The van der Waals surface area contributed by atoms with Crippen molar-refractivity contribution >= 4 is 38.4 Å². The molecule has 3 aromatic rings. The summed E-state index contributed by atoms with van der Waals surface area (Å²) in [4.78, 5) is 13.1. The third-order valence-corrected chi connectivity index (χ3v) is 6.27. The van der Waals surface area contributed by atoms with Crippen LogP contribution >= 0.6 is 15.9 Å². The number of hydrogen-bond donors (Lipinski definition) is 3. The number of nitrogens with one attached hydrogen (secondary N) is 1. The molecule has 0 unspecified atom stereocenters. The normalized spacial score (nSPS) is 19.4. The number of carbonyl (C=O) groups is 1. The maximum atomic E-state index is 13.1. The molecule has 4 N–H and O–H groups in total. The Kier molecular flexibility index (Phi) is 5.92. The van der Waals surface area contributed by atoms with Gasteiger partial charge in [0.05, 0.1) is 6.10 Å². The first-order valence-electron chi connectivity index (χ1n) is 10.1. The lowest BCUT2D eigenvalue weighted by molar-refractivity contribution is 0.0661. The summed E-state index contributed by atoms with van der Waals surface area (Å²) < 4.78 is 3.04. The average Bonchev–Trinajstić information content (AvgIpc) is 3.04. The molecule has 4 rings (SSSR count). The summed E-state index contributed by atoms with van der Waals surface area (Å²) in [6, 6.07) is 15.7. The summed E-state index contributed by atoms with van der Waals surface area (Å²) in [5, 5.41) is 14.2. The zero-order valence-corrected chi connectivity index (χ0v) is 17.9. The summed E-state index contributed by atoms with van der Waals surface area (Å²) in [5.41, 5.74) is 9.32. The summed E-state index contributed by atoms with van der Waals surface area (Å²) in [5.74, 6) is 0.0128. The minimum Gasteiger partial charge on any atom is -0.399 e. The third-order valence-electron chi connectivity index (χ3n) is 5.78. The molecular formula is C23H26BrN3O2. The Balaban J connectivity index is 1.62. The van der Waals surface area contributed by atoms with Crippen molar-refractivity contribution < 1.29 is 9.90 Å². The van der Waals surface area contributed by atoms with Crippen LogP contribution in [0.1, 0.15) is 41.7 Å². The van der Waals surface area contributed by atoms with Gasteiger partial charge in [0.1, 0.15) is 5.69 Å². The molecule has 1 fully saturated rings. The number of aromatic nitrogens is 1. The number of halogens is 1. The number of nitrogen functional groups attached to an aromatic ring is 1. The van der Waals surface area contributed by atoms with E-state index in [0.717, 1.165) is 46.6 Å². The van der Waals surface area contributed by atoms with Crippen LogP contribution in [0.25, 0.3) is 10.9 Å². The first kappa shape index (κ1) is 20.0. The van der Waals surface area contributed by atoms with E-state index in [-0.39, 0.29) is 17.9 Å². The number of nitrogens with zero attached hydrogens (tertiary/aromatic N) is 1. The highest BCUT2D eigenvalue weighted by Crippen LogP contribution is 2.26. The van der Waals surface area contributed by atoms with E-state index in [2.05, 4.69) is 27.3 Å². The third kappa shape index (κ3) is 4.49. The molecule has 0 aliphatic heterocycles. The van der Waals surface area contributed by atoms with Crippen LogP contribution in [0.4, 0.5) is 5.69 Å². The molecule has 1 aromatic heterocycles. The quantitative estimate of drug-likeness (QED) is 0.501. The van der Waals surface area contributed by atoms with Gasteiger partial charge >= 0.3 is 0 Å². The van der Waals surface area contributed by atoms with Crippen molar-refractivity contribution in [1.82, 2.24) is 9.88 Å². The van der Waals surface area contributed by atoms with Crippen LogP contribution < -0.4 is 11.1 Å². The monoisotopic (exact) mass is 455 g/mol. The van der Waals surface area contributed by atoms with E-state index in [4.69, 9.17) is 5.73 Å². The molecule has 5 nitrogen and oxygen atoms in total. The van der Waals surface area contributed by atoms with Gasteiger partial charge in [-0.05, 0) is 54.8 Å². The lowest BCUT2D eigenvalue weighted by Gasteiger charge is -2.27. The summed E-state index contributed by atoms with van der Waals surface area (Å²) >= 11 is 3.52. The lowest BCUT2D eigenvalue weighted by atomic mass is 9.86. The molecule has 152 valence electrons. The Morgan fingerprint density at radius 3 is 2.79 bits per heavy atom.